The van der Waals surface area contributed by atoms with Crippen molar-refractivity contribution in [1.29, 1.82) is 0 Å². The van der Waals surface area contributed by atoms with Crippen LogP contribution in [0.15, 0.2) is 53.4 Å². The van der Waals surface area contributed by atoms with Gasteiger partial charge in [0.2, 0.25) is 0 Å². The van der Waals surface area contributed by atoms with Gasteiger partial charge in [-0.1, -0.05) is 12.1 Å². The third kappa shape index (κ3) is 2.87. The molecule has 0 fully saturated rings. The van der Waals surface area contributed by atoms with Crippen molar-refractivity contribution in [2.75, 3.05) is 6.54 Å². The maximum Gasteiger partial charge on any atom is 0.261 e. The Hall–Kier alpha value is -2.80. The van der Waals surface area contributed by atoms with Gasteiger partial charge in [0.05, 0.1) is 11.1 Å². The van der Waals surface area contributed by atoms with E-state index in [1.807, 2.05) is 6.07 Å². The topological polar surface area (TPSA) is 79.0 Å². The van der Waals surface area contributed by atoms with Gasteiger partial charge in [0.1, 0.15) is 5.82 Å². The average molecular weight is 397 g/mol. The fraction of sp³-hybridized carbons (Fsp3) is 0.111. The minimum atomic E-state index is -0.239. The van der Waals surface area contributed by atoms with Crippen LogP contribution in [0.5, 0.6) is 0 Å². The van der Waals surface area contributed by atoms with Gasteiger partial charge in [-0.05, 0) is 34.1 Å². The molecule has 2 aromatic heterocycles. The van der Waals surface area contributed by atoms with Crippen molar-refractivity contribution < 1.29 is 9.59 Å². The van der Waals surface area contributed by atoms with Crippen molar-refractivity contribution in [1.82, 2.24) is 19.9 Å². The summed E-state index contributed by atoms with van der Waals surface area (Å²) in [5.41, 5.74) is 2.66. The molecule has 6 nitrogen and oxygen atoms in total. The number of carbonyl (C=O) groups excluding carboxylic acids is 2. The zero-order chi connectivity index (χ0) is 17.4. The van der Waals surface area contributed by atoms with Crippen LogP contribution in [0.3, 0.4) is 0 Å². The van der Waals surface area contributed by atoms with Crippen LogP contribution in [0.2, 0.25) is 0 Å². The highest BCUT2D eigenvalue weighted by atomic mass is 79.9. The van der Waals surface area contributed by atoms with Gasteiger partial charge in [-0.2, -0.15) is 0 Å². The van der Waals surface area contributed by atoms with Crippen molar-refractivity contribution in [2.45, 2.75) is 6.42 Å². The smallest absolute Gasteiger partial charge is 0.261 e. The predicted octanol–water partition coefficient (Wildman–Crippen LogP) is 3.07. The number of benzene rings is 1. The van der Waals surface area contributed by atoms with E-state index in [2.05, 4.69) is 30.9 Å². The quantitative estimate of drug-likeness (QED) is 0.687. The van der Waals surface area contributed by atoms with Crippen molar-refractivity contribution in [3.05, 3.63) is 70.2 Å². The summed E-state index contributed by atoms with van der Waals surface area (Å²) in [5, 5.41) is 0. The summed E-state index contributed by atoms with van der Waals surface area (Å²) in [5.74, 6) is 0.221. The summed E-state index contributed by atoms with van der Waals surface area (Å²) in [7, 11) is 0. The van der Waals surface area contributed by atoms with Gasteiger partial charge in [-0.25, -0.2) is 4.98 Å². The monoisotopic (exact) mass is 396 g/mol. The lowest BCUT2D eigenvalue weighted by Gasteiger charge is -2.12. The van der Waals surface area contributed by atoms with Crippen LogP contribution in [0.4, 0.5) is 0 Å². The van der Waals surface area contributed by atoms with Crippen molar-refractivity contribution >= 4 is 27.7 Å². The third-order valence-electron chi connectivity index (χ3n) is 4.09. The standard InChI is InChI=1S/C18H13BrN4O2/c19-12-7-11(8-20-9-12)16-21-10-13(22-16)5-6-23-17(24)14-3-1-2-4-15(14)18(23)25/h1-4,7-10H,5-6H2,(H,21,22). The number of rotatable bonds is 4. The lowest BCUT2D eigenvalue weighted by Crippen LogP contribution is -2.31. The average Bonchev–Trinajstić information content (AvgIpc) is 3.18. The van der Waals surface area contributed by atoms with Crippen molar-refractivity contribution in [3.63, 3.8) is 0 Å². The van der Waals surface area contributed by atoms with Gasteiger partial charge >= 0.3 is 0 Å². The van der Waals surface area contributed by atoms with Crippen LogP contribution >= 0.6 is 15.9 Å². The molecule has 0 spiro atoms. The minimum absolute atomic E-state index is 0.239. The molecule has 3 aromatic rings. The summed E-state index contributed by atoms with van der Waals surface area (Å²) in [6.45, 7) is 0.310. The Labute approximate surface area is 152 Å². The van der Waals surface area contributed by atoms with E-state index in [-0.39, 0.29) is 11.8 Å². The summed E-state index contributed by atoms with van der Waals surface area (Å²) in [6.07, 6.45) is 5.65. The Morgan fingerprint density at radius 2 is 1.76 bits per heavy atom. The van der Waals surface area contributed by atoms with Crippen LogP contribution in [-0.2, 0) is 6.42 Å². The van der Waals surface area contributed by atoms with Gasteiger partial charge in [-0.3, -0.25) is 19.5 Å². The molecule has 1 aliphatic rings. The fourth-order valence-electron chi connectivity index (χ4n) is 2.85. The molecule has 0 radical (unpaired) electrons. The second-order valence-electron chi connectivity index (χ2n) is 5.71. The number of nitrogens with one attached hydrogen (secondary N) is 1. The number of fused-ring (bicyclic) bond motifs is 1. The van der Waals surface area contributed by atoms with E-state index < -0.39 is 0 Å². The number of aromatic nitrogens is 3. The highest BCUT2D eigenvalue weighted by Crippen LogP contribution is 2.23. The molecule has 0 aliphatic carbocycles. The molecule has 7 heteroatoms. The molecule has 0 bridgehead atoms. The summed E-state index contributed by atoms with van der Waals surface area (Å²) in [4.78, 5) is 37.7. The summed E-state index contributed by atoms with van der Waals surface area (Å²) in [6, 6.07) is 8.81. The molecule has 4 rings (SSSR count). The lowest BCUT2D eigenvalue weighted by atomic mass is 10.1. The first-order valence-corrected chi connectivity index (χ1v) is 8.53. The maximum atomic E-state index is 12.4. The summed E-state index contributed by atoms with van der Waals surface area (Å²) < 4.78 is 0.869. The molecular weight excluding hydrogens is 384 g/mol. The van der Waals surface area contributed by atoms with E-state index in [0.29, 0.717) is 29.9 Å². The second kappa shape index (κ2) is 6.25. The number of aromatic amines is 1. The first-order chi connectivity index (χ1) is 12.1. The van der Waals surface area contributed by atoms with Crippen molar-refractivity contribution in [3.8, 4) is 11.4 Å². The Kier molecular flexibility index (Phi) is 3.93. The number of H-pyrrole nitrogens is 1. The van der Waals surface area contributed by atoms with E-state index in [0.717, 1.165) is 15.7 Å². The molecule has 0 saturated carbocycles. The molecule has 0 unspecified atom stereocenters. The number of amides is 2. The van der Waals surface area contributed by atoms with E-state index in [1.165, 1.54) is 4.90 Å². The van der Waals surface area contributed by atoms with Crippen LogP contribution in [0.25, 0.3) is 11.4 Å². The number of imide groups is 1. The molecule has 0 atom stereocenters. The first-order valence-electron chi connectivity index (χ1n) is 7.73. The zero-order valence-electron chi connectivity index (χ0n) is 13.1. The van der Waals surface area contributed by atoms with Crippen LogP contribution < -0.4 is 0 Å². The number of hydrogen-bond donors (Lipinski definition) is 1. The number of pyridine rings is 1. The Morgan fingerprint density at radius 1 is 1.04 bits per heavy atom. The largest absolute Gasteiger partial charge is 0.342 e. The normalized spacial score (nSPS) is 13.4. The lowest BCUT2D eigenvalue weighted by molar-refractivity contribution is 0.0656. The maximum absolute atomic E-state index is 12.4. The Balaban J connectivity index is 1.48. The van der Waals surface area contributed by atoms with E-state index in [4.69, 9.17) is 0 Å². The Bertz CT molecular complexity index is 947. The highest BCUT2D eigenvalue weighted by Gasteiger charge is 2.34. The third-order valence-corrected chi connectivity index (χ3v) is 4.52. The molecule has 124 valence electrons. The van der Waals surface area contributed by atoms with Gasteiger partial charge in [0.25, 0.3) is 11.8 Å². The fourth-order valence-corrected chi connectivity index (χ4v) is 3.21. The molecular formula is C18H13BrN4O2. The molecule has 1 aromatic carbocycles. The van der Waals surface area contributed by atoms with Gasteiger partial charge in [-0.15, -0.1) is 0 Å². The van der Waals surface area contributed by atoms with E-state index in [1.54, 1.807) is 42.9 Å². The van der Waals surface area contributed by atoms with E-state index in [9.17, 15) is 9.59 Å². The number of imidazole rings is 1. The molecule has 1 aliphatic heterocycles. The van der Waals surface area contributed by atoms with Crippen molar-refractivity contribution in [2.24, 2.45) is 0 Å². The molecule has 25 heavy (non-hydrogen) atoms. The second-order valence-corrected chi connectivity index (χ2v) is 6.62. The number of hydrogen-bond acceptors (Lipinski definition) is 4. The van der Waals surface area contributed by atoms with Crippen LogP contribution in [0, 0.1) is 0 Å². The molecule has 1 N–H and O–H groups in total. The molecule has 3 heterocycles. The molecule has 0 saturated heterocycles. The van der Waals surface area contributed by atoms with Gasteiger partial charge in [0, 0.05) is 47.3 Å². The number of halogens is 1. The minimum Gasteiger partial charge on any atom is -0.342 e. The van der Waals surface area contributed by atoms with Crippen LogP contribution in [0.1, 0.15) is 26.4 Å². The number of nitrogens with zero attached hydrogens (tertiary/aromatic N) is 3. The Morgan fingerprint density at radius 3 is 2.44 bits per heavy atom. The predicted molar refractivity (Wildman–Crippen MR) is 95.0 cm³/mol. The summed E-state index contributed by atoms with van der Waals surface area (Å²) >= 11 is 3.38. The van der Waals surface area contributed by atoms with Crippen LogP contribution in [-0.4, -0.2) is 38.2 Å². The first kappa shape index (κ1) is 15.7. The SMILES string of the molecule is O=C1c2ccccc2C(=O)N1CCc1cnc(-c2cncc(Br)c2)[nH]1. The van der Waals surface area contributed by atoms with Gasteiger partial charge < -0.3 is 4.98 Å². The van der Waals surface area contributed by atoms with Gasteiger partial charge in [0.15, 0.2) is 0 Å². The van der Waals surface area contributed by atoms with E-state index >= 15 is 0 Å². The number of carbonyl (C=O) groups is 2. The molecule has 2 amide bonds. The zero-order valence-corrected chi connectivity index (χ0v) is 14.7. The highest BCUT2D eigenvalue weighted by molar-refractivity contribution is 9.10.